The topological polar surface area (TPSA) is 49.4 Å². The van der Waals surface area contributed by atoms with E-state index in [1.807, 2.05) is 91.9 Å². The zero-order valence-electron chi connectivity index (χ0n) is 20.1. The fourth-order valence-corrected chi connectivity index (χ4v) is 4.50. The molecule has 3 aromatic carbocycles. The van der Waals surface area contributed by atoms with Gasteiger partial charge in [-0.15, -0.1) is 11.8 Å². The van der Waals surface area contributed by atoms with Gasteiger partial charge in [-0.2, -0.15) is 0 Å². The molecule has 1 atom stereocenters. The molecule has 4 nitrogen and oxygen atoms in total. The third kappa shape index (κ3) is 8.07. The lowest BCUT2D eigenvalue weighted by Gasteiger charge is -2.31. The van der Waals surface area contributed by atoms with E-state index in [-0.39, 0.29) is 17.6 Å². The van der Waals surface area contributed by atoms with Crippen LogP contribution in [0.4, 0.5) is 0 Å². The Bertz CT molecular complexity index is 1020. The summed E-state index contributed by atoms with van der Waals surface area (Å²) >= 11 is 1.50. The molecule has 0 saturated heterocycles. The molecule has 0 aliphatic rings. The maximum atomic E-state index is 13.6. The van der Waals surface area contributed by atoms with Gasteiger partial charge in [0.1, 0.15) is 6.04 Å². The molecule has 1 N–H and O–H groups in total. The standard InChI is InChI=1S/C29H34N2O2S/c1-3-4-19-30-29(33)27(20-24-11-7-5-8-12-24)31(21-25-17-15-23(2)16-18-25)28(32)22-34-26-13-9-6-10-14-26/h5-18,27H,3-4,19-22H2,1-2H3,(H,30,33). The number of amides is 2. The van der Waals surface area contributed by atoms with Gasteiger partial charge in [-0.3, -0.25) is 9.59 Å². The second-order valence-corrected chi connectivity index (χ2v) is 9.51. The van der Waals surface area contributed by atoms with E-state index in [4.69, 9.17) is 0 Å². The zero-order valence-corrected chi connectivity index (χ0v) is 20.9. The number of nitrogens with zero attached hydrogens (tertiary/aromatic N) is 1. The molecule has 5 heteroatoms. The Hall–Kier alpha value is -3.05. The summed E-state index contributed by atoms with van der Waals surface area (Å²) in [7, 11) is 0. The van der Waals surface area contributed by atoms with Crippen molar-refractivity contribution < 1.29 is 9.59 Å². The number of thioether (sulfide) groups is 1. The van der Waals surface area contributed by atoms with Crippen LogP contribution in [0.25, 0.3) is 0 Å². The average molecular weight is 475 g/mol. The molecule has 3 rings (SSSR count). The SMILES string of the molecule is CCCCNC(=O)C(Cc1ccccc1)N(Cc1ccc(C)cc1)C(=O)CSc1ccccc1. The molecule has 0 radical (unpaired) electrons. The number of rotatable bonds is 12. The van der Waals surface area contributed by atoms with Gasteiger partial charge in [0.2, 0.25) is 11.8 Å². The quantitative estimate of drug-likeness (QED) is 0.273. The first kappa shape index (κ1) is 25.6. The highest BCUT2D eigenvalue weighted by Crippen LogP contribution is 2.21. The summed E-state index contributed by atoms with van der Waals surface area (Å²) in [5, 5.41) is 3.07. The first-order valence-corrected chi connectivity index (χ1v) is 12.9. The largest absolute Gasteiger partial charge is 0.354 e. The molecular formula is C29H34N2O2S. The lowest BCUT2D eigenvalue weighted by molar-refractivity contribution is -0.139. The number of carbonyl (C=O) groups is 2. The Balaban J connectivity index is 1.86. The molecule has 2 amide bonds. The number of hydrogen-bond acceptors (Lipinski definition) is 3. The van der Waals surface area contributed by atoms with Crippen LogP contribution in [0.5, 0.6) is 0 Å². The Kier molecular flexibility index (Phi) is 10.2. The molecule has 178 valence electrons. The van der Waals surface area contributed by atoms with Gasteiger partial charge in [0.15, 0.2) is 0 Å². The lowest BCUT2D eigenvalue weighted by atomic mass is 10.0. The van der Waals surface area contributed by atoms with Crippen LogP contribution in [0.1, 0.15) is 36.5 Å². The van der Waals surface area contributed by atoms with E-state index in [0.717, 1.165) is 28.9 Å². The van der Waals surface area contributed by atoms with Crippen LogP contribution in [0.15, 0.2) is 89.8 Å². The minimum absolute atomic E-state index is 0.0407. The molecule has 0 aliphatic heterocycles. The molecule has 0 saturated carbocycles. The van der Waals surface area contributed by atoms with Gasteiger partial charge in [-0.05, 0) is 36.6 Å². The van der Waals surface area contributed by atoms with Crippen molar-refractivity contribution in [3.05, 3.63) is 102 Å². The summed E-state index contributed by atoms with van der Waals surface area (Å²) in [6, 6.07) is 27.4. The highest BCUT2D eigenvalue weighted by molar-refractivity contribution is 8.00. The normalized spacial score (nSPS) is 11.6. The van der Waals surface area contributed by atoms with Gasteiger partial charge in [0.05, 0.1) is 5.75 Å². The second kappa shape index (κ2) is 13.6. The third-order valence-corrected chi connectivity index (χ3v) is 6.68. The minimum Gasteiger partial charge on any atom is -0.354 e. The summed E-state index contributed by atoms with van der Waals surface area (Å²) in [6.07, 6.45) is 2.40. The molecule has 0 aromatic heterocycles. The van der Waals surface area contributed by atoms with E-state index in [0.29, 0.717) is 19.5 Å². The molecule has 0 heterocycles. The molecule has 0 spiro atoms. The van der Waals surface area contributed by atoms with Crippen molar-refractivity contribution in [2.45, 2.75) is 50.6 Å². The van der Waals surface area contributed by atoms with E-state index in [1.165, 1.54) is 17.3 Å². The van der Waals surface area contributed by atoms with E-state index < -0.39 is 6.04 Å². The summed E-state index contributed by atoms with van der Waals surface area (Å²) in [6.45, 7) is 5.16. The number of aryl methyl sites for hydroxylation is 1. The van der Waals surface area contributed by atoms with E-state index in [9.17, 15) is 9.59 Å². The summed E-state index contributed by atoms with van der Waals surface area (Å²) in [4.78, 5) is 29.8. The highest BCUT2D eigenvalue weighted by atomic mass is 32.2. The lowest BCUT2D eigenvalue weighted by Crippen LogP contribution is -2.51. The highest BCUT2D eigenvalue weighted by Gasteiger charge is 2.30. The van der Waals surface area contributed by atoms with Crippen LogP contribution in [0.2, 0.25) is 0 Å². The predicted octanol–water partition coefficient (Wildman–Crippen LogP) is 5.64. The van der Waals surface area contributed by atoms with Crippen LogP contribution in [-0.2, 0) is 22.6 Å². The van der Waals surface area contributed by atoms with Crippen molar-refractivity contribution in [1.82, 2.24) is 10.2 Å². The van der Waals surface area contributed by atoms with Crippen molar-refractivity contribution in [1.29, 1.82) is 0 Å². The number of hydrogen-bond donors (Lipinski definition) is 1. The van der Waals surface area contributed by atoms with E-state index in [1.54, 1.807) is 4.90 Å². The second-order valence-electron chi connectivity index (χ2n) is 8.46. The van der Waals surface area contributed by atoms with Crippen LogP contribution >= 0.6 is 11.8 Å². The molecule has 34 heavy (non-hydrogen) atoms. The number of nitrogens with one attached hydrogen (secondary N) is 1. The van der Waals surface area contributed by atoms with Gasteiger partial charge in [0.25, 0.3) is 0 Å². The molecule has 3 aromatic rings. The van der Waals surface area contributed by atoms with Crippen molar-refractivity contribution in [3.8, 4) is 0 Å². The van der Waals surface area contributed by atoms with Gasteiger partial charge in [0, 0.05) is 24.4 Å². The molecule has 1 unspecified atom stereocenters. The number of unbranched alkanes of at least 4 members (excludes halogenated alkanes) is 1. The van der Waals surface area contributed by atoms with Crippen molar-refractivity contribution >= 4 is 23.6 Å². The first-order valence-electron chi connectivity index (χ1n) is 11.9. The fourth-order valence-electron chi connectivity index (χ4n) is 3.70. The molecule has 0 bridgehead atoms. The van der Waals surface area contributed by atoms with Gasteiger partial charge >= 0.3 is 0 Å². The summed E-state index contributed by atoms with van der Waals surface area (Å²) in [5.41, 5.74) is 3.22. The van der Waals surface area contributed by atoms with Crippen LogP contribution in [0, 0.1) is 6.92 Å². The fraction of sp³-hybridized carbons (Fsp3) is 0.310. The number of benzene rings is 3. The van der Waals surface area contributed by atoms with Crippen LogP contribution in [0.3, 0.4) is 0 Å². The van der Waals surface area contributed by atoms with Gasteiger partial charge < -0.3 is 10.2 Å². The van der Waals surface area contributed by atoms with Crippen molar-refractivity contribution in [2.24, 2.45) is 0 Å². The molecule has 0 fully saturated rings. The van der Waals surface area contributed by atoms with E-state index in [2.05, 4.69) is 12.2 Å². The monoisotopic (exact) mass is 474 g/mol. The Morgan fingerprint density at radius 2 is 1.53 bits per heavy atom. The predicted molar refractivity (Wildman–Crippen MR) is 141 cm³/mol. The van der Waals surface area contributed by atoms with Gasteiger partial charge in [-0.25, -0.2) is 0 Å². The minimum atomic E-state index is -0.579. The van der Waals surface area contributed by atoms with Crippen molar-refractivity contribution in [3.63, 3.8) is 0 Å². The Morgan fingerprint density at radius 3 is 2.18 bits per heavy atom. The Morgan fingerprint density at radius 1 is 0.882 bits per heavy atom. The summed E-state index contributed by atoms with van der Waals surface area (Å²) < 4.78 is 0. The smallest absolute Gasteiger partial charge is 0.243 e. The molecule has 0 aliphatic carbocycles. The number of carbonyl (C=O) groups excluding carboxylic acids is 2. The molecular weight excluding hydrogens is 440 g/mol. The average Bonchev–Trinajstić information content (AvgIpc) is 2.87. The maximum absolute atomic E-state index is 13.6. The van der Waals surface area contributed by atoms with Crippen LogP contribution < -0.4 is 5.32 Å². The van der Waals surface area contributed by atoms with Gasteiger partial charge in [-0.1, -0.05) is 91.7 Å². The Labute approximate surface area is 207 Å². The van der Waals surface area contributed by atoms with Crippen molar-refractivity contribution in [2.75, 3.05) is 12.3 Å². The zero-order chi connectivity index (χ0) is 24.2. The van der Waals surface area contributed by atoms with Crippen LogP contribution in [-0.4, -0.2) is 35.1 Å². The third-order valence-electron chi connectivity index (χ3n) is 5.68. The first-order chi connectivity index (χ1) is 16.6. The van der Waals surface area contributed by atoms with E-state index >= 15 is 0 Å². The summed E-state index contributed by atoms with van der Waals surface area (Å²) in [5.74, 6) is 0.145. The maximum Gasteiger partial charge on any atom is 0.243 e.